The van der Waals surface area contributed by atoms with E-state index in [1.807, 2.05) is 6.92 Å². The van der Waals surface area contributed by atoms with Gasteiger partial charge in [0.15, 0.2) is 0 Å². The van der Waals surface area contributed by atoms with E-state index in [-0.39, 0.29) is 22.4 Å². The molecule has 0 heterocycles. The van der Waals surface area contributed by atoms with E-state index >= 15 is 0 Å². The largest absolute Gasteiger partial charge is 0.321 e. The molecule has 0 saturated heterocycles. The van der Waals surface area contributed by atoms with E-state index in [1.54, 1.807) is 24.3 Å². The van der Waals surface area contributed by atoms with Crippen molar-refractivity contribution in [2.75, 3.05) is 5.32 Å². The topological polar surface area (TPSA) is 75.3 Å². The fourth-order valence-corrected chi connectivity index (χ4v) is 4.94. The number of carbonyl (C=O) groups is 1. The summed E-state index contributed by atoms with van der Waals surface area (Å²) in [6.45, 7) is 2.01. The van der Waals surface area contributed by atoms with E-state index in [0.717, 1.165) is 43.9 Å². The number of anilines is 1. The highest BCUT2D eigenvalue weighted by molar-refractivity contribution is 7.89. The first kappa shape index (κ1) is 20.8. The molecule has 2 aromatic rings. The lowest BCUT2D eigenvalue weighted by molar-refractivity contribution is 0.102. The molecule has 2 atom stereocenters. The molecule has 2 N–H and O–H groups in total. The van der Waals surface area contributed by atoms with Crippen LogP contribution in [0.4, 0.5) is 10.1 Å². The van der Waals surface area contributed by atoms with Gasteiger partial charge in [0.25, 0.3) is 5.91 Å². The lowest BCUT2D eigenvalue weighted by Crippen LogP contribution is -2.41. The zero-order valence-electron chi connectivity index (χ0n) is 15.4. The molecule has 5 nitrogen and oxygen atoms in total. The summed E-state index contributed by atoms with van der Waals surface area (Å²) >= 11 is 6.01. The Balaban J connectivity index is 1.84. The van der Waals surface area contributed by atoms with Gasteiger partial charge in [-0.1, -0.05) is 43.5 Å². The van der Waals surface area contributed by atoms with Crippen molar-refractivity contribution in [3.05, 3.63) is 58.9 Å². The van der Waals surface area contributed by atoms with E-state index < -0.39 is 21.7 Å². The van der Waals surface area contributed by atoms with Crippen LogP contribution in [-0.2, 0) is 10.0 Å². The molecule has 150 valence electrons. The summed E-state index contributed by atoms with van der Waals surface area (Å²) in [6, 6.07) is 9.57. The van der Waals surface area contributed by atoms with Crippen molar-refractivity contribution >= 4 is 33.2 Å². The second kappa shape index (κ2) is 8.59. The summed E-state index contributed by atoms with van der Waals surface area (Å²) in [5.41, 5.74) is -0.0459. The molecular weight excluding hydrogens is 403 g/mol. The van der Waals surface area contributed by atoms with Crippen LogP contribution in [0.25, 0.3) is 0 Å². The van der Waals surface area contributed by atoms with Gasteiger partial charge in [-0.05, 0) is 49.1 Å². The minimum absolute atomic E-state index is 0.143. The standard InChI is InChI=1S/C20H22ClFN2O3S/c1-13-6-2-4-8-18(13)24-28(26,27)14-10-11-17(22)15(12-14)20(25)23-19-9-5-3-7-16(19)21/h3,5,7,9-13,18,24H,2,4,6,8H2,1H3,(H,23,25). The maximum Gasteiger partial charge on any atom is 0.258 e. The molecule has 1 aliphatic rings. The summed E-state index contributed by atoms with van der Waals surface area (Å²) in [6.07, 6.45) is 3.78. The number of sulfonamides is 1. The average molecular weight is 425 g/mol. The van der Waals surface area contributed by atoms with Crippen LogP contribution in [-0.4, -0.2) is 20.4 Å². The molecule has 0 spiro atoms. The maximum atomic E-state index is 14.2. The molecule has 0 bridgehead atoms. The molecule has 2 aromatic carbocycles. The van der Waals surface area contributed by atoms with Crippen LogP contribution in [0, 0.1) is 11.7 Å². The molecule has 28 heavy (non-hydrogen) atoms. The van der Waals surface area contributed by atoms with Crippen molar-refractivity contribution in [2.24, 2.45) is 5.92 Å². The SMILES string of the molecule is CC1CCCCC1NS(=O)(=O)c1ccc(F)c(C(=O)Nc2ccccc2Cl)c1. The lowest BCUT2D eigenvalue weighted by Gasteiger charge is -2.29. The number of benzene rings is 2. The Bertz CT molecular complexity index is 981. The number of amides is 1. The Labute approximate surface area is 169 Å². The van der Waals surface area contributed by atoms with Gasteiger partial charge in [0.1, 0.15) is 5.82 Å². The quantitative estimate of drug-likeness (QED) is 0.737. The number of halogens is 2. The normalized spacial score (nSPS) is 20.0. The minimum atomic E-state index is -3.87. The summed E-state index contributed by atoms with van der Waals surface area (Å²) < 4.78 is 42.4. The lowest BCUT2D eigenvalue weighted by atomic mass is 9.87. The monoisotopic (exact) mass is 424 g/mol. The predicted octanol–water partition coefficient (Wildman–Crippen LogP) is 4.59. The highest BCUT2D eigenvalue weighted by Crippen LogP contribution is 2.26. The van der Waals surface area contributed by atoms with E-state index in [1.165, 1.54) is 0 Å². The zero-order chi connectivity index (χ0) is 20.3. The Morgan fingerprint density at radius 2 is 1.86 bits per heavy atom. The third-order valence-corrected chi connectivity index (χ3v) is 6.85. The molecule has 0 aromatic heterocycles. The first-order chi connectivity index (χ1) is 13.3. The summed E-state index contributed by atoms with van der Waals surface area (Å²) in [7, 11) is -3.87. The molecule has 0 aliphatic heterocycles. The van der Waals surface area contributed by atoms with Crippen molar-refractivity contribution in [3.63, 3.8) is 0 Å². The summed E-state index contributed by atoms with van der Waals surface area (Å²) in [4.78, 5) is 12.3. The molecule has 1 saturated carbocycles. The van der Waals surface area contributed by atoms with Gasteiger partial charge < -0.3 is 5.32 Å². The van der Waals surface area contributed by atoms with Gasteiger partial charge in [-0.3, -0.25) is 4.79 Å². The van der Waals surface area contributed by atoms with Gasteiger partial charge in [-0.25, -0.2) is 17.5 Å². The molecule has 0 radical (unpaired) electrons. The Hall–Kier alpha value is -1.96. The number of hydrogen-bond acceptors (Lipinski definition) is 3. The predicted molar refractivity (Wildman–Crippen MR) is 108 cm³/mol. The average Bonchev–Trinajstić information content (AvgIpc) is 2.65. The van der Waals surface area contributed by atoms with Crippen molar-refractivity contribution in [1.29, 1.82) is 0 Å². The van der Waals surface area contributed by atoms with Crippen molar-refractivity contribution < 1.29 is 17.6 Å². The minimum Gasteiger partial charge on any atom is -0.321 e. The van der Waals surface area contributed by atoms with Crippen LogP contribution in [0.2, 0.25) is 5.02 Å². The molecule has 1 fully saturated rings. The van der Waals surface area contributed by atoms with Gasteiger partial charge in [-0.2, -0.15) is 0 Å². The Kier molecular flexibility index (Phi) is 6.37. The van der Waals surface area contributed by atoms with E-state index in [2.05, 4.69) is 10.0 Å². The second-order valence-corrected chi connectivity index (χ2v) is 9.19. The molecule has 3 rings (SSSR count). The van der Waals surface area contributed by atoms with Crippen LogP contribution in [0.15, 0.2) is 47.4 Å². The molecule has 8 heteroatoms. The number of rotatable bonds is 5. The molecule has 2 unspecified atom stereocenters. The third kappa shape index (κ3) is 4.71. The number of carbonyl (C=O) groups excluding carboxylic acids is 1. The second-order valence-electron chi connectivity index (χ2n) is 7.07. The molecule has 1 aliphatic carbocycles. The van der Waals surface area contributed by atoms with Gasteiger partial charge in [-0.15, -0.1) is 0 Å². The number of para-hydroxylation sites is 1. The van der Waals surface area contributed by atoms with Gasteiger partial charge in [0.05, 0.1) is 21.2 Å². The van der Waals surface area contributed by atoms with Crippen LogP contribution in [0.1, 0.15) is 43.0 Å². The summed E-state index contributed by atoms with van der Waals surface area (Å²) in [5.74, 6) is -1.35. The highest BCUT2D eigenvalue weighted by Gasteiger charge is 2.27. The van der Waals surface area contributed by atoms with Crippen LogP contribution < -0.4 is 10.0 Å². The smallest absolute Gasteiger partial charge is 0.258 e. The van der Waals surface area contributed by atoms with Crippen molar-refractivity contribution in [1.82, 2.24) is 4.72 Å². The van der Waals surface area contributed by atoms with Crippen LogP contribution in [0.5, 0.6) is 0 Å². The van der Waals surface area contributed by atoms with E-state index in [0.29, 0.717) is 10.7 Å². The van der Waals surface area contributed by atoms with Gasteiger partial charge >= 0.3 is 0 Å². The van der Waals surface area contributed by atoms with E-state index in [9.17, 15) is 17.6 Å². The van der Waals surface area contributed by atoms with Crippen LogP contribution in [0.3, 0.4) is 0 Å². The summed E-state index contributed by atoms with van der Waals surface area (Å²) in [5, 5.41) is 2.81. The fourth-order valence-electron chi connectivity index (χ4n) is 3.36. The van der Waals surface area contributed by atoms with Crippen molar-refractivity contribution in [3.8, 4) is 0 Å². The Morgan fingerprint density at radius 3 is 2.57 bits per heavy atom. The number of hydrogen-bond donors (Lipinski definition) is 2. The zero-order valence-corrected chi connectivity index (χ0v) is 17.0. The molecular formula is C20H22ClFN2O3S. The fraction of sp³-hybridized carbons (Fsp3) is 0.350. The van der Waals surface area contributed by atoms with Gasteiger partial charge in [0, 0.05) is 6.04 Å². The molecule has 1 amide bonds. The van der Waals surface area contributed by atoms with Crippen molar-refractivity contribution in [2.45, 2.75) is 43.5 Å². The third-order valence-electron chi connectivity index (χ3n) is 5.03. The first-order valence-corrected chi connectivity index (χ1v) is 11.0. The van der Waals surface area contributed by atoms with Crippen LogP contribution >= 0.6 is 11.6 Å². The Morgan fingerprint density at radius 1 is 1.14 bits per heavy atom. The highest BCUT2D eigenvalue weighted by atomic mass is 35.5. The maximum absolute atomic E-state index is 14.2. The van der Waals surface area contributed by atoms with Gasteiger partial charge in [0.2, 0.25) is 10.0 Å². The first-order valence-electron chi connectivity index (χ1n) is 9.15. The number of nitrogens with one attached hydrogen (secondary N) is 2. The van der Waals surface area contributed by atoms with E-state index in [4.69, 9.17) is 11.6 Å².